The maximum absolute atomic E-state index is 12.6. The minimum Gasteiger partial charge on any atom is -0.462 e. The minimum atomic E-state index is -4.41. The number of aliphatic hydroxyl groups is 1. The number of allylic oxidation sites excluding steroid dienone is 12. The van der Waals surface area contributed by atoms with Gasteiger partial charge < -0.3 is 25.2 Å². The lowest BCUT2D eigenvalue weighted by molar-refractivity contribution is -0.161. The third kappa shape index (κ3) is 39.4. The second-order valence-corrected chi connectivity index (χ2v) is 15.1. The second kappa shape index (κ2) is 40.4. The normalized spacial score (nSPS) is 14.7. The fourth-order valence-electron chi connectivity index (χ4n) is 5.18. The van der Waals surface area contributed by atoms with Gasteiger partial charge in [0.25, 0.3) is 0 Å². The number of carbonyl (C=O) groups excluding carboxylic acids is 2. The van der Waals surface area contributed by atoms with Crippen molar-refractivity contribution in [2.24, 2.45) is 5.73 Å². The quantitative estimate of drug-likeness (QED) is 0.0180. The number of unbranched alkanes of at least 4 members (excludes halogenated alkanes) is 11. The van der Waals surface area contributed by atoms with Crippen LogP contribution < -0.4 is 5.73 Å². The molecule has 0 bridgehead atoms. The van der Waals surface area contributed by atoms with Crippen molar-refractivity contribution in [2.75, 3.05) is 26.4 Å². The van der Waals surface area contributed by atoms with Gasteiger partial charge in [-0.3, -0.25) is 18.6 Å². The van der Waals surface area contributed by atoms with Crippen LogP contribution >= 0.6 is 7.82 Å². The molecule has 0 spiro atoms. The summed E-state index contributed by atoms with van der Waals surface area (Å²) < 4.78 is 32.7. The van der Waals surface area contributed by atoms with Crippen molar-refractivity contribution in [1.82, 2.24) is 0 Å². The van der Waals surface area contributed by atoms with Crippen molar-refractivity contribution in [3.63, 3.8) is 0 Å². The second-order valence-electron chi connectivity index (χ2n) is 13.7. The molecule has 0 heterocycles. The third-order valence-corrected chi connectivity index (χ3v) is 9.33. The topological polar surface area (TPSA) is 155 Å². The Morgan fingerprint density at radius 1 is 0.643 bits per heavy atom. The highest BCUT2D eigenvalue weighted by atomic mass is 31.2. The predicted molar refractivity (Wildman–Crippen MR) is 230 cm³/mol. The van der Waals surface area contributed by atoms with Crippen molar-refractivity contribution >= 4 is 19.8 Å². The average molecular weight is 806 g/mol. The SMILES string of the molecule is CC/C=C/CC(O)/C=C/C=C/CCCCCCCC(=O)O[C@H](COC(=O)CCCCC/C=C\C/C=C\C/C=C\C/C=C\CCCCC)COP(=O)(O)OCCN. The Hall–Kier alpha value is -2.85. The molecule has 0 aliphatic rings. The van der Waals surface area contributed by atoms with Gasteiger partial charge in [0.1, 0.15) is 6.61 Å². The molecule has 0 aromatic rings. The van der Waals surface area contributed by atoms with Gasteiger partial charge >= 0.3 is 19.8 Å². The highest BCUT2D eigenvalue weighted by Crippen LogP contribution is 2.43. The highest BCUT2D eigenvalue weighted by Gasteiger charge is 2.26. The first kappa shape index (κ1) is 53.1. The van der Waals surface area contributed by atoms with E-state index in [-0.39, 0.29) is 32.6 Å². The lowest BCUT2D eigenvalue weighted by Gasteiger charge is -2.19. The number of phosphoric acid groups is 1. The smallest absolute Gasteiger partial charge is 0.462 e. The van der Waals surface area contributed by atoms with Crippen molar-refractivity contribution in [1.29, 1.82) is 0 Å². The van der Waals surface area contributed by atoms with Gasteiger partial charge in [-0.25, -0.2) is 4.57 Å². The molecule has 10 nitrogen and oxygen atoms in total. The molecule has 0 radical (unpaired) electrons. The molecular weight excluding hydrogens is 729 g/mol. The number of hydrogen-bond donors (Lipinski definition) is 3. The van der Waals surface area contributed by atoms with Gasteiger partial charge in [0.15, 0.2) is 6.10 Å². The number of aliphatic hydroxyl groups excluding tert-OH is 1. The molecule has 0 aliphatic heterocycles. The van der Waals surface area contributed by atoms with Gasteiger partial charge in [0.05, 0.1) is 19.3 Å². The van der Waals surface area contributed by atoms with Gasteiger partial charge in [-0.15, -0.1) is 0 Å². The molecule has 2 unspecified atom stereocenters. The molecule has 11 heteroatoms. The van der Waals surface area contributed by atoms with Crippen molar-refractivity contribution in [2.45, 2.75) is 161 Å². The molecule has 0 saturated heterocycles. The van der Waals surface area contributed by atoms with Crippen molar-refractivity contribution < 1.29 is 42.7 Å². The number of ether oxygens (including phenoxy) is 2. The van der Waals surface area contributed by atoms with E-state index in [1.54, 1.807) is 6.08 Å². The summed E-state index contributed by atoms with van der Waals surface area (Å²) in [6.07, 6.45) is 46.5. The molecule has 0 saturated carbocycles. The van der Waals surface area contributed by atoms with Crippen LogP contribution in [0.4, 0.5) is 0 Å². The summed E-state index contributed by atoms with van der Waals surface area (Å²) in [5.41, 5.74) is 5.34. The Bertz CT molecular complexity index is 1210. The van der Waals surface area contributed by atoms with E-state index in [0.717, 1.165) is 77.0 Å². The molecule has 0 aromatic heterocycles. The molecule has 320 valence electrons. The summed E-state index contributed by atoms with van der Waals surface area (Å²) in [5.74, 6) is -0.928. The molecule has 4 N–H and O–H groups in total. The summed E-state index contributed by atoms with van der Waals surface area (Å²) in [7, 11) is -4.41. The van der Waals surface area contributed by atoms with Crippen LogP contribution in [0.25, 0.3) is 0 Å². The standard InChI is InChI=1S/C45H76NO9P/c1-3-5-7-8-9-10-11-12-13-14-15-16-17-18-19-22-25-28-32-36-44(48)52-40-43(41-54-56(50,51)53-39-38-46)55-45(49)37-33-29-26-23-20-21-24-27-31-35-42(47)34-30-6-4-2/h6,9-10,12-13,15-16,18-19,24,27,30-31,35,42-43,47H,3-5,7-8,11,14,17,20-23,25-26,28-29,32-34,36-41,46H2,1-2H3,(H,50,51)/b10-9-,13-12-,16-15-,19-18-,27-24+,30-6+,35-31+/t42?,43-/m1/s1. The Morgan fingerprint density at radius 2 is 1.20 bits per heavy atom. The number of carbonyl (C=O) groups is 2. The maximum Gasteiger partial charge on any atom is 0.472 e. The highest BCUT2D eigenvalue weighted by molar-refractivity contribution is 7.47. The lowest BCUT2D eigenvalue weighted by Crippen LogP contribution is -2.29. The summed E-state index contributed by atoms with van der Waals surface area (Å²) in [4.78, 5) is 34.8. The van der Waals surface area contributed by atoms with Gasteiger partial charge in [-0.2, -0.15) is 0 Å². The number of nitrogens with two attached hydrogens (primary N) is 1. The van der Waals surface area contributed by atoms with E-state index in [1.165, 1.54) is 25.7 Å². The lowest BCUT2D eigenvalue weighted by atomic mass is 10.1. The largest absolute Gasteiger partial charge is 0.472 e. The zero-order valence-corrected chi connectivity index (χ0v) is 35.6. The number of hydrogen-bond acceptors (Lipinski definition) is 9. The number of phosphoric ester groups is 1. The third-order valence-electron chi connectivity index (χ3n) is 8.35. The van der Waals surface area contributed by atoms with Crippen LogP contribution in [0.5, 0.6) is 0 Å². The molecule has 0 aromatic carbocycles. The van der Waals surface area contributed by atoms with E-state index in [2.05, 4.69) is 68.5 Å². The van der Waals surface area contributed by atoms with Crippen LogP contribution in [0, 0.1) is 0 Å². The van der Waals surface area contributed by atoms with Crippen molar-refractivity contribution in [3.8, 4) is 0 Å². The average Bonchev–Trinajstić information content (AvgIpc) is 3.18. The maximum atomic E-state index is 12.6. The van der Waals surface area contributed by atoms with Gasteiger partial charge in [0, 0.05) is 19.4 Å². The Labute approximate surface area is 339 Å². The Balaban J connectivity index is 4.32. The molecule has 0 rings (SSSR count). The van der Waals surface area contributed by atoms with E-state index >= 15 is 0 Å². The molecule has 3 atom stereocenters. The van der Waals surface area contributed by atoms with E-state index < -0.39 is 38.6 Å². The van der Waals surface area contributed by atoms with Crippen molar-refractivity contribution in [3.05, 3.63) is 85.1 Å². The van der Waals surface area contributed by atoms with Crippen LogP contribution in [0.3, 0.4) is 0 Å². The van der Waals surface area contributed by atoms with Crippen LogP contribution in [-0.2, 0) is 32.7 Å². The van der Waals surface area contributed by atoms with Gasteiger partial charge in [0.2, 0.25) is 0 Å². The first-order chi connectivity index (χ1) is 27.2. The van der Waals surface area contributed by atoms with Crippen LogP contribution in [0.1, 0.15) is 149 Å². The molecule has 0 aliphatic carbocycles. The summed E-state index contributed by atoms with van der Waals surface area (Å²) in [6.45, 7) is 3.38. The van der Waals surface area contributed by atoms with Gasteiger partial charge in [-0.1, -0.05) is 137 Å². The van der Waals surface area contributed by atoms with E-state index in [1.807, 2.05) is 24.3 Å². The monoisotopic (exact) mass is 806 g/mol. The summed E-state index contributed by atoms with van der Waals surface area (Å²) in [5, 5.41) is 9.87. The van der Waals surface area contributed by atoms with E-state index in [4.69, 9.17) is 24.3 Å². The predicted octanol–water partition coefficient (Wildman–Crippen LogP) is 11.0. The van der Waals surface area contributed by atoms with Crippen LogP contribution in [0.2, 0.25) is 0 Å². The van der Waals surface area contributed by atoms with Crippen LogP contribution in [0.15, 0.2) is 85.1 Å². The summed E-state index contributed by atoms with van der Waals surface area (Å²) in [6, 6.07) is 0. The van der Waals surface area contributed by atoms with Gasteiger partial charge in [-0.05, 0) is 83.5 Å². The van der Waals surface area contributed by atoms with E-state index in [9.17, 15) is 24.2 Å². The fraction of sp³-hybridized carbons (Fsp3) is 0.644. The first-order valence-corrected chi connectivity index (χ1v) is 22.7. The summed E-state index contributed by atoms with van der Waals surface area (Å²) >= 11 is 0. The Morgan fingerprint density at radius 3 is 1.82 bits per heavy atom. The fourth-order valence-corrected chi connectivity index (χ4v) is 5.95. The minimum absolute atomic E-state index is 0.0317. The molecule has 56 heavy (non-hydrogen) atoms. The Kier molecular flexibility index (Phi) is 38.3. The molecular formula is C45H76NO9P. The first-order valence-electron chi connectivity index (χ1n) is 21.2. The number of rotatable bonds is 38. The number of esters is 2. The van der Waals surface area contributed by atoms with E-state index in [0.29, 0.717) is 19.3 Å². The zero-order valence-electron chi connectivity index (χ0n) is 34.7. The molecule has 0 amide bonds. The van der Waals surface area contributed by atoms with Crippen LogP contribution in [-0.4, -0.2) is 60.5 Å². The molecule has 0 fully saturated rings. The zero-order chi connectivity index (χ0) is 41.2.